The monoisotopic (exact) mass is 524 g/mol. The van der Waals surface area contributed by atoms with E-state index in [4.69, 9.17) is 14.1 Å². The third-order valence-corrected chi connectivity index (χ3v) is 5.80. The number of aliphatic imine (C=N–C) groups is 1. The molecule has 2 heterocycles. The number of halogens is 1. The van der Waals surface area contributed by atoms with E-state index in [9.17, 15) is 0 Å². The number of rotatable bonds is 8. The maximum atomic E-state index is 5.44. The Morgan fingerprint density at radius 2 is 2.03 bits per heavy atom. The second kappa shape index (κ2) is 11.0. The predicted molar refractivity (Wildman–Crippen MR) is 131 cm³/mol. The van der Waals surface area contributed by atoms with Crippen LogP contribution in [0.2, 0.25) is 0 Å². The van der Waals surface area contributed by atoms with Gasteiger partial charge in [0.05, 0.1) is 19.9 Å². The molecule has 1 aromatic carbocycles. The molecular formula is C23H33IN4O2. The highest BCUT2D eigenvalue weighted by Gasteiger charge is 2.38. The molecular weight excluding hydrogens is 491 g/mol. The van der Waals surface area contributed by atoms with E-state index in [1.165, 1.54) is 12.8 Å². The highest BCUT2D eigenvalue weighted by atomic mass is 127. The van der Waals surface area contributed by atoms with Gasteiger partial charge in [0.2, 0.25) is 0 Å². The molecule has 6 nitrogen and oxygen atoms in total. The molecule has 164 valence electrons. The molecule has 1 aliphatic heterocycles. The third kappa shape index (κ3) is 6.38. The normalized spacial score (nSPS) is 21.9. The van der Waals surface area contributed by atoms with Gasteiger partial charge in [0.1, 0.15) is 11.5 Å². The highest BCUT2D eigenvalue weighted by Crippen LogP contribution is 2.33. The number of guanidine groups is 1. The van der Waals surface area contributed by atoms with E-state index in [2.05, 4.69) is 34.6 Å². The van der Waals surface area contributed by atoms with Crippen molar-refractivity contribution in [3.05, 3.63) is 54.0 Å². The molecule has 7 heteroatoms. The largest absolute Gasteiger partial charge is 0.497 e. The van der Waals surface area contributed by atoms with Gasteiger partial charge >= 0.3 is 0 Å². The summed E-state index contributed by atoms with van der Waals surface area (Å²) in [4.78, 5) is 7.50. The van der Waals surface area contributed by atoms with Gasteiger partial charge in [-0.2, -0.15) is 0 Å². The molecule has 0 radical (unpaired) electrons. The zero-order chi connectivity index (χ0) is 20.1. The van der Waals surface area contributed by atoms with Crippen LogP contribution in [-0.2, 0) is 13.0 Å². The minimum absolute atomic E-state index is 0. The van der Waals surface area contributed by atoms with Crippen molar-refractivity contribution in [2.45, 2.75) is 57.3 Å². The lowest BCUT2D eigenvalue weighted by Gasteiger charge is -2.20. The summed E-state index contributed by atoms with van der Waals surface area (Å²) in [6.45, 7) is 4.87. The number of nitrogens with zero attached hydrogens (tertiary/aromatic N) is 2. The number of ether oxygens (including phenoxy) is 1. The van der Waals surface area contributed by atoms with Gasteiger partial charge in [-0.15, -0.1) is 24.0 Å². The molecule has 2 N–H and O–H groups in total. The third-order valence-electron chi connectivity index (χ3n) is 5.80. The summed E-state index contributed by atoms with van der Waals surface area (Å²) in [5.41, 5.74) is 1.16. The number of methoxy groups -OCH3 is 1. The van der Waals surface area contributed by atoms with Crippen molar-refractivity contribution in [3.63, 3.8) is 0 Å². The van der Waals surface area contributed by atoms with Gasteiger partial charge in [-0.05, 0) is 56.0 Å². The van der Waals surface area contributed by atoms with E-state index in [1.54, 1.807) is 13.4 Å². The smallest absolute Gasteiger partial charge is 0.191 e. The quantitative estimate of drug-likeness (QED) is 0.313. The fourth-order valence-electron chi connectivity index (χ4n) is 4.08. The first kappa shape index (κ1) is 22.9. The van der Waals surface area contributed by atoms with E-state index in [0.717, 1.165) is 55.0 Å². The topological polar surface area (TPSA) is 62.0 Å². The van der Waals surface area contributed by atoms with E-state index in [-0.39, 0.29) is 24.0 Å². The standard InChI is InChI=1S/C23H32N4O2.HI/c1-17-14-19(16-27(17)20-7-8-20)26-23(24-12-11-22-4-3-13-29-22)25-15-18-5-9-21(28-2)10-6-18;/h3-6,9-10,13,17,19-20H,7-8,11-12,14-16H2,1-2H3,(H2,24,25,26);1H. The van der Waals surface area contributed by atoms with Gasteiger partial charge in [0.15, 0.2) is 5.96 Å². The van der Waals surface area contributed by atoms with E-state index in [0.29, 0.717) is 18.6 Å². The van der Waals surface area contributed by atoms with Gasteiger partial charge in [-0.3, -0.25) is 4.90 Å². The molecule has 30 heavy (non-hydrogen) atoms. The Labute approximate surface area is 196 Å². The summed E-state index contributed by atoms with van der Waals surface area (Å²) in [7, 11) is 1.69. The van der Waals surface area contributed by atoms with Crippen LogP contribution in [0.5, 0.6) is 5.75 Å². The zero-order valence-electron chi connectivity index (χ0n) is 17.8. The fraction of sp³-hybridized carbons (Fsp3) is 0.522. The number of benzene rings is 1. The Balaban J connectivity index is 0.00000256. The molecule has 2 aliphatic rings. The maximum Gasteiger partial charge on any atom is 0.191 e. The Bertz CT molecular complexity index is 790. The molecule has 0 amide bonds. The van der Waals surface area contributed by atoms with Crippen LogP contribution in [0.3, 0.4) is 0 Å². The predicted octanol–water partition coefficient (Wildman–Crippen LogP) is 3.81. The molecule has 2 unspecified atom stereocenters. The van der Waals surface area contributed by atoms with Crippen molar-refractivity contribution >= 4 is 29.9 Å². The average molecular weight is 524 g/mol. The van der Waals surface area contributed by atoms with E-state index >= 15 is 0 Å². The minimum Gasteiger partial charge on any atom is -0.497 e. The Kier molecular flexibility index (Phi) is 8.44. The highest BCUT2D eigenvalue weighted by molar-refractivity contribution is 14.0. The summed E-state index contributed by atoms with van der Waals surface area (Å²) in [6, 6.07) is 13.9. The van der Waals surface area contributed by atoms with Gasteiger partial charge in [0.25, 0.3) is 0 Å². The van der Waals surface area contributed by atoms with Crippen LogP contribution in [-0.4, -0.2) is 49.2 Å². The van der Waals surface area contributed by atoms with Crippen molar-refractivity contribution in [2.75, 3.05) is 20.2 Å². The summed E-state index contributed by atoms with van der Waals surface area (Å²) in [5.74, 6) is 2.73. The lowest BCUT2D eigenvalue weighted by Crippen LogP contribution is -2.45. The SMILES string of the molecule is COc1ccc(CN=C(NCCc2ccco2)NC2CC(C)N(C3CC3)C2)cc1.I. The average Bonchev–Trinajstić information content (AvgIpc) is 3.32. The van der Waals surface area contributed by atoms with Crippen molar-refractivity contribution in [3.8, 4) is 5.75 Å². The van der Waals surface area contributed by atoms with Crippen molar-refractivity contribution in [1.82, 2.24) is 15.5 Å². The second-order valence-electron chi connectivity index (χ2n) is 8.12. The van der Waals surface area contributed by atoms with Crippen molar-refractivity contribution in [1.29, 1.82) is 0 Å². The van der Waals surface area contributed by atoms with Crippen LogP contribution >= 0.6 is 24.0 Å². The lowest BCUT2D eigenvalue weighted by atomic mass is 10.2. The molecule has 1 saturated heterocycles. The van der Waals surface area contributed by atoms with Gasteiger partial charge in [-0.1, -0.05) is 12.1 Å². The van der Waals surface area contributed by atoms with Crippen LogP contribution in [0.15, 0.2) is 52.1 Å². The Morgan fingerprint density at radius 3 is 2.70 bits per heavy atom. The van der Waals surface area contributed by atoms with Gasteiger partial charge in [0, 0.05) is 37.6 Å². The van der Waals surface area contributed by atoms with Crippen LogP contribution in [0.4, 0.5) is 0 Å². The molecule has 1 aliphatic carbocycles. The number of hydrogen-bond donors (Lipinski definition) is 2. The molecule has 4 rings (SSSR count). The number of nitrogens with one attached hydrogen (secondary N) is 2. The molecule has 2 fully saturated rings. The summed E-state index contributed by atoms with van der Waals surface area (Å²) in [5, 5.41) is 7.16. The molecule has 0 spiro atoms. The van der Waals surface area contributed by atoms with Gasteiger partial charge < -0.3 is 19.8 Å². The second-order valence-corrected chi connectivity index (χ2v) is 8.12. The van der Waals surface area contributed by atoms with E-state index in [1.807, 2.05) is 24.3 Å². The Hall–Kier alpha value is -1.74. The molecule has 1 aromatic heterocycles. The van der Waals surface area contributed by atoms with Gasteiger partial charge in [-0.25, -0.2) is 4.99 Å². The molecule has 1 saturated carbocycles. The van der Waals surface area contributed by atoms with Crippen molar-refractivity contribution in [2.24, 2.45) is 4.99 Å². The number of furan rings is 1. The summed E-state index contributed by atoms with van der Waals surface area (Å²) >= 11 is 0. The minimum atomic E-state index is 0. The first-order valence-corrected chi connectivity index (χ1v) is 10.7. The first-order valence-electron chi connectivity index (χ1n) is 10.7. The maximum absolute atomic E-state index is 5.44. The molecule has 0 bridgehead atoms. The fourth-order valence-corrected chi connectivity index (χ4v) is 4.08. The number of likely N-dealkylation sites (tertiary alicyclic amines) is 1. The number of hydrogen-bond acceptors (Lipinski definition) is 4. The molecule has 2 atom stereocenters. The van der Waals surface area contributed by atoms with Crippen LogP contribution < -0.4 is 15.4 Å². The molecule has 2 aromatic rings. The summed E-state index contributed by atoms with van der Waals surface area (Å²) in [6.07, 6.45) is 6.44. The van der Waals surface area contributed by atoms with Crippen LogP contribution in [0, 0.1) is 0 Å². The van der Waals surface area contributed by atoms with Crippen LogP contribution in [0.25, 0.3) is 0 Å². The Morgan fingerprint density at radius 1 is 1.23 bits per heavy atom. The summed E-state index contributed by atoms with van der Waals surface area (Å²) < 4.78 is 10.7. The first-order chi connectivity index (χ1) is 14.2. The van der Waals surface area contributed by atoms with Crippen molar-refractivity contribution < 1.29 is 9.15 Å². The van der Waals surface area contributed by atoms with E-state index < -0.39 is 0 Å². The lowest BCUT2D eigenvalue weighted by molar-refractivity contribution is 0.256. The van der Waals surface area contributed by atoms with Crippen LogP contribution in [0.1, 0.15) is 37.5 Å². The zero-order valence-corrected chi connectivity index (χ0v) is 20.2.